The molecule has 3 saturated carbocycles. The standard InChI is InChI=1S/C33H45NO5/c1-20-21-8-9-24-31(4,22(21)18-23(35)27(20)37)14-16-33(6)25-19-30(3,28(38)34-17-10-26(36)39-7)12-11-29(25,2)13-15-32(24,33)5/h8-9,18,25,37H,10-17,19H2,1-7H3,(H,34,38)/t25-,29-,30-,31+,32-,33+/m1/s1. The minimum absolute atomic E-state index is 0.00305. The predicted molar refractivity (Wildman–Crippen MR) is 151 cm³/mol. The fraction of sp³-hybridized carbons (Fsp3) is 0.667. The maximum absolute atomic E-state index is 13.5. The van der Waals surface area contributed by atoms with Crippen LogP contribution < -0.4 is 5.32 Å². The number of carbonyl (C=O) groups excluding carboxylic acids is 3. The van der Waals surface area contributed by atoms with Crippen LogP contribution in [0.25, 0.3) is 0 Å². The number of hydrogen-bond acceptors (Lipinski definition) is 5. The number of allylic oxidation sites excluding steroid dienone is 7. The maximum Gasteiger partial charge on any atom is 0.307 e. The molecule has 0 aromatic carbocycles. The molecule has 0 aromatic heterocycles. The highest BCUT2D eigenvalue weighted by Gasteiger charge is 2.67. The van der Waals surface area contributed by atoms with E-state index < -0.39 is 5.41 Å². The molecule has 6 nitrogen and oxygen atoms in total. The number of aliphatic hydroxyl groups is 1. The first kappa shape index (κ1) is 27.9. The molecule has 0 spiro atoms. The molecule has 0 aliphatic heterocycles. The van der Waals surface area contributed by atoms with E-state index in [9.17, 15) is 19.5 Å². The van der Waals surface area contributed by atoms with Gasteiger partial charge in [-0.3, -0.25) is 14.4 Å². The highest BCUT2D eigenvalue weighted by molar-refractivity contribution is 6.06. The van der Waals surface area contributed by atoms with E-state index in [-0.39, 0.29) is 51.5 Å². The number of nitrogens with one attached hydrogen (secondary N) is 1. The molecule has 1 amide bonds. The second-order valence-electron chi connectivity index (χ2n) is 14.2. The maximum atomic E-state index is 13.5. The van der Waals surface area contributed by atoms with E-state index in [0.29, 0.717) is 18.0 Å². The van der Waals surface area contributed by atoms with Crippen LogP contribution in [0.1, 0.15) is 92.9 Å². The van der Waals surface area contributed by atoms with Crippen LogP contribution in [0.15, 0.2) is 46.3 Å². The lowest BCUT2D eigenvalue weighted by atomic mass is 9.34. The summed E-state index contributed by atoms with van der Waals surface area (Å²) in [6.07, 6.45) is 13.1. The molecule has 5 aliphatic rings. The molecular weight excluding hydrogens is 490 g/mol. The molecule has 2 N–H and O–H groups in total. The normalized spacial score (nSPS) is 41.2. The molecule has 0 heterocycles. The Morgan fingerprint density at radius 3 is 2.41 bits per heavy atom. The smallest absolute Gasteiger partial charge is 0.307 e. The molecule has 0 radical (unpaired) electrons. The minimum Gasteiger partial charge on any atom is -0.504 e. The number of carbonyl (C=O) groups is 3. The Balaban J connectivity index is 1.49. The molecular formula is C33H45NO5. The topological polar surface area (TPSA) is 92.7 Å². The van der Waals surface area contributed by atoms with E-state index >= 15 is 0 Å². The van der Waals surface area contributed by atoms with Crippen LogP contribution in [0, 0.1) is 33.0 Å². The van der Waals surface area contributed by atoms with Crippen LogP contribution in [0.4, 0.5) is 0 Å². The predicted octanol–water partition coefficient (Wildman–Crippen LogP) is 6.29. The van der Waals surface area contributed by atoms with Gasteiger partial charge in [-0.05, 0) is 91.3 Å². The zero-order valence-corrected chi connectivity index (χ0v) is 24.8. The summed E-state index contributed by atoms with van der Waals surface area (Å²) >= 11 is 0. The number of hydrogen-bond donors (Lipinski definition) is 2. The zero-order chi connectivity index (χ0) is 28.6. The molecule has 6 heteroatoms. The third-order valence-corrected chi connectivity index (χ3v) is 12.3. The first-order valence-electron chi connectivity index (χ1n) is 14.6. The Kier molecular flexibility index (Phi) is 6.40. The summed E-state index contributed by atoms with van der Waals surface area (Å²) < 4.78 is 4.73. The lowest BCUT2D eigenvalue weighted by molar-refractivity contribution is -0.169. The van der Waals surface area contributed by atoms with Crippen molar-refractivity contribution in [2.24, 2.45) is 33.0 Å². The van der Waals surface area contributed by atoms with E-state index in [1.165, 1.54) is 12.7 Å². The van der Waals surface area contributed by atoms with Gasteiger partial charge in [-0.2, -0.15) is 0 Å². The van der Waals surface area contributed by atoms with Crippen LogP contribution in [-0.2, 0) is 19.1 Å². The number of rotatable bonds is 4. The Hall–Kier alpha value is -2.63. The van der Waals surface area contributed by atoms with Gasteiger partial charge in [0, 0.05) is 22.9 Å². The number of aliphatic hydroxyl groups excluding tert-OH is 1. The van der Waals surface area contributed by atoms with Gasteiger partial charge in [0.25, 0.3) is 0 Å². The number of ketones is 1. The van der Waals surface area contributed by atoms with Gasteiger partial charge >= 0.3 is 5.97 Å². The van der Waals surface area contributed by atoms with Gasteiger partial charge in [0.15, 0.2) is 5.76 Å². The fourth-order valence-electron chi connectivity index (χ4n) is 9.26. The van der Waals surface area contributed by atoms with Crippen molar-refractivity contribution in [2.45, 2.75) is 92.9 Å². The SMILES string of the molecule is COC(=O)CCNC(=O)[C@]1(C)CC[C@]2(C)CC[C@]3(C)C4=CC=C5C(=CC(=O)C(O)=C5C)[C@]4(C)CC[C@@]3(C)[C@@H]2C1. The summed E-state index contributed by atoms with van der Waals surface area (Å²) in [6.45, 7) is 13.9. The van der Waals surface area contributed by atoms with E-state index in [1.54, 1.807) is 6.08 Å². The summed E-state index contributed by atoms with van der Waals surface area (Å²) in [4.78, 5) is 37.8. The Labute approximate surface area is 233 Å². The van der Waals surface area contributed by atoms with Crippen LogP contribution in [0.3, 0.4) is 0 Å². The molecule has 6 atom stereocenters. The van der Waals surface area contributed by atoms with Crippen molar-refractivity contribution in [3.05, 3.63) is 46.3 Å². The van der Waals surface area contributed by atoms with Crippen molar-refractivity contribution in [1.29, 1.82) is 0 Å². The summed E-state index contributed by atoms with van der Waals surface area (Å²) in [6, 6.07) is 0. The molecule has 212 valence electrons. The first-order chi connectivity index (χ1) is 18.2. The van der Waals surface area contributed by atoms with Crippen LogP contribution >= 0.6 is 0 Å². The molecule has 0 unspecified atom stereocenters. The second kappa shape index (κ2) is 8.94. The van der Waals surface area contributed by atoms with Gasteiger partial charge in [-0.25, -0.2) is 0 Å². The summed E-state index contributed by atoms with van der Waals surface area (Å²) in [5, 5.41) is 13.4. The van der Waals surface area contributed by atoms with Gasteiger partial charge < -0.3 is 15.2 Å². The van der Waals surface area contributed by atoms with Crippen molar-refractivity contribution in [3.63, 3.8) is 0 Å². The third kappa shape index (κ3) is 3.83. The van der Waals surface area contributed by atoms with Gasteiger partial charge in [-0.15, -0.1) is 0 Å². The van der Waals surface area contributed by atoms with Gasteiger partial charge in [0.2, 0.25) is 11.7 Å². The number of amides is 1. The first-order valence-corrected chi connectivity index (χ1v) is 14.6. The van der Waals surface area contributed by atoms with E-state index in [4.69, 9.17) is 4.74 Å². The highest BCUT2D eigenvalue weighted by atomic mass is 16.5. The lowest BCUT2D eigenvalue weighted by Gasteiger charge is -2.70. The lowest BCUT2D eigenvalue weighted by Crippen LogP contribution is -2.62. The molecule has 39 heavy (non-hydrogen) atoms. The molecule has 5 aliphatic carbocycles. The number of fused-ring (bicyclic) bond motifs is 7. The number of esters is 1. The highest BCUT2D eigenvalue weighted by Crippen LogP contribution is 2.75. The quantitative estimate of drug-likeness (QED) is 0.413. The van der Waals surface area contributed by atoms with Crippen LogP contribution in [-0.4, -0.2) is 36.4 Å². The Bertz CT molecular complexity index is 1270. The fourth-order valence-corrected chi connectivity index (χ4v) is 9.26. The Morgan fingerprint density at radius 1 is 1.03 bits per heavy atom. The summed E-state index contributed by atoms with van der Waals surface area (Å²) in [5.41, 5.74) is 3.47. The van der Waals surface area contributed by atoms with Gasteiger partial charge in [0.1, 0.15) is 0 Å². The number of methoxy groups -OCH3 is 1. The summed E-state index contributed by atoms with van der Waals surface area (Å²) in [5.74, 6) is -0.332. The van der Waals surface area contributed by atoms with Crippen molar-refractivity contribution in [3.8, 4) is 0 Å². The largest absolute Gasteiger partial charge is 0.504 e. The molecule has 0 bridgehead atoms. The van der Waals surface area contributed by atoms with Crippen molar-refractivity contribution < 1.29 is 24.2 Å². The third-order valence-electron chi connectivity index (χ3n) is 12.3. The second-order valence-corrected chi connectivity index (χ2v) is 14.2. The monoisotopic (exact) mass is 535 g/mol. The average Bonchev–Trinajstić information content (AvgIpc) is 2.90. The van der Waals surface area contributed by atoms with Crippen LogP contribution in [0.2, 0.25) is 0 Å². The van der Waals surface area contributed by atoms with E-state index in [1.807, 2.05) is 6.92 Å². The summed E-state index contributed by atoms with van der Waals surface area (Å²) in [7, 11) is 1.37. The minimum atomic E-state index is -0.478. The average molecular weight is 536 g/mol. The zero-order valence-electron chi connectivity index (χ0n) is 24.8. The van der Waals surface area contributed by atoms with E-state index in [2.05, 4.69) is 52.1 Å². The van der Waals surface area contributed by atoms with Crippen molar-refractivity contribution >= 4 is 17.7 Å². The van der Waals surface area contributed by atoms with E-state index in [0.717, 1.165) is 56.1 Å². The van der Waals surface area contributed by atoms with Gasteiger partial charge in [0.05, 0.1) is 13.5 Å². The molecule has 0 saturated heterocycles. The molecule has 3 fully saturated rings. The molecule has 0 aromatic rings. The molecule has 5 rings (SSSR count). The van der Waals surface area contributed by atoms with Crippen molar-refractivity contribution in [1.82, 2.24) is 5.32 Å². The number of ether oxygens (including phenoxy) is 1. The van der Waals surface area contributed by atoms with Gasteiger partial charge in [-0.1, -0.05) is 52.3 Å². The van der Waals surface area contributed by atoms with Crippen LogP contribution in [0.5, 0.6) is 0 Å². The van der Waals surface area contributed by atoms with Crippen molar-refractivity contribution in [2.75, 3.05) is 13.7 Å². The Morgan fingerprint density at radius 2 is 1.72 bits per heavy atom.